The molecule has 1 saturated carbocycles. The van der Waals surface area contributed by atoms with E-state index in [1.807, 2.05) is 0 Å². The zero-order valence-electron chi connectivity index (χ0n) is 9.35. The Morgan fingerprint density at radius 1 is 1.47 bits per heavy atom. The van der Waals surface area contributed by atoms with E-state index in [2.05, 4.69) is 16.9 Å². The third kappa shape index (κ3) is 2.44. The van der Waals surface area contributed by atoms with Gasteiger partial charge in [-0.2, -0.15) is 0 Å². The lowest BCUT2D eigenvalue weighted by Crippen LogP contribution is -2.35. The maximum atomic E-state index is 8.27. The molecule has 0 radical (unpaired) electrons. The van der Waals surface area contributed by atoms with Gasteiger partial charge in [0, 0.05) is 4.91 Å². The molecule has 0 N–H and O–H groups in total. The van der Waals surface area contributed by atoms with Gasteiger partial charge >= 0.3 is 0 Å². The van der Waals surface area contributed by atoms with E-state index in [9.17, 15) is 0 Å². The van der Waals surface area contributed by atoms with Crippen molar-refractivity contribution in [3.63, 3.8) is 0 Å². The number of nitrogens with zero attached hydrogens (tertiary/aromatic N) is 3. The average Bonchev–Trinajstić information content (AvgIpc) is 2.58. The van der Waals surface area contributed by atoms with Crippen LogP contribution in [0.4, 0.5) is 0 Å². The molecule has 0 aromatic rings. The topological polar surface area (TPSA) is 58.0 Å². The van der Waals surface area contributed by atoms with Crippen molar-refractivity contribution in [2.75, 3.05) is 6.54 Å². The molecule has 15 heavy (non-hydrogen) atoms. The van der Waals surface area contributed by atoms with Crippen molar-refractivity contribution in [3.05, 3.63) is 10.4 Å². The van der Waals surface area contributed by atoms with Crippen LogP contribution in [-0.2, 0) is 4.74 Å². The van der Waals surface area contributed by atoms with Crippen LogP contribution in [0.3, 0.4) is 0 Å². The van der Waals surface area contributed by atoms with E-state index in [-0.39, 0.29) is 11.7 Å². The van der Waals surface area contributed by atoms with E-state index in [4.69, 9.17) is 10.3 Å². The summed E-state index contributed by atoms with van der Waals surface area (Å²) in [4.78, 5) is 2.79. The van der Waals surface area contributed by atoms with E-state index in [0.717, 1.165) is 18.8 Å². The molecule has 1 spiro atoms. The molecule has 84 valence electrons. The molecule has 1 heterocycles. The van der Waals surface area contributed by atoms with Gasteiger partial charge in [-0.1, -0.05) is 24.9 Å². The summed E-state index contributed by atoms with van der Waals surface area (Å²) in [5, 5.41) is 3.61. The fraction of sp³-hybridized carbons (Fsp3) is 1.00. The predicted molar refractivity (Wildman–Crippen MR) is 58.5 cm³/mol. The molecular formula is C11H19N3O. The smallest absolute Gasteiger partial charge is 0.0689 e. The average molecular weight is 209 g/mol. The van der Waals surface area contributed by atoms with Crippen molar-refractivity contribution in [1.82, 2.24) is 0 Å². The highest BCUT2D eigenvalue weighted by molar-refractivity contribution is 4.93. The molecule has 2 rings (SSSR count). The third-order valence-corrected chi connectivity index (χ3v) is 3.74. The number of hydrogen-bond donors (Lipinski definition) is 0. The fourth-order valence-corrected chi connectivity index (χ4v) is 3.10. The second-order valence-corrected chi connectivity index (χ2v) is 5.08. The van der Waals surface area contributed by atoms with Crippen LogP contribution in [0.5, 0.6) is 0 Å². The van der Waals surface area contributed by atoms with Crippen molar-refractivity contribution in [1.29, 1.82) is 0 Å². The minimum atomic E-state index is 0.132. The normalized spacial score (nSPS) is 40.3. The standard InChI is InChI=1S/C11H19N3O/c1-9-3-2-5-11(7-9)6-4-10(15-11)8-13-14-12/h9-10H,2-8H2,1H3/t9-,10-,11+/m1/s1. The van der Waals surface area contributed by atoms with Gasteiger partial charge in [0.2, 0.25) is 0 Å². The van der Waals surface area contributed by atoms with Gasteiger partial charge in [0.1, 0.15) is 0 Å². The Morgan fingerprint density at radius 3 is 3.07 bits per heavy atom. The lowest BCUT2D eigenvalue weighted by Gasteiger charge is -2.36. The van der Waals surface area contributed by atoms with Crippen LogP contribution in [0, 0.1) is 5.92 Å². The summed E-state index contributed by atoms with van der Waals surface area (Å²) in [6.07, 6.45) is 7.41. The highest BCUT2D eigenvalue weighted by atomic mass is 16.5. The zero-order valence-corrected chi connectivity index (χ0v) is 9.35. The van der Waals surface area contributed by atoms with Gasteiger partial charge in [0.15, 0.2) is 0 Å². The monoisotopic (exact) mass is 209 g/mol. The van der Waals surface area contributed by atoms with Crippen LogP contribution in [-0.4, -0.2) is 18.2 Å². The molecule has 1 saturated heterocycles. The van der Waals surface area contributed by atoms with Crippen LogP contribution in [0.1, 0.15) is 45.4 Å². The van der Waals surface area contributed by atoms with E-state index in [1.54, 1.807) is 0 Å². The summed E-state index contributed by atoms with van der Waals surface area (Å²) in [6.45, 7) is 2.82. The van der Waals surface area contributed by atoms with Gasteiger partial charge < -0.3 is 4.74 Å². The van der Waals surface area contributed by atoms with Crippen molar-refractivity contribution in [2.45, 2.75) is 57.2 Å². The van der Waals surface area contributed by atoms with Crippen LogP contribution >= 0.6 is 0 Å². The lowest BCUT2D eigenvalue weighted by atomic mass is 9.77. The van der Waals surface area contributed by atoms with E-state index in [0.29, 0.717) is 6.54 Å². The Hall–Kier alpha value is -0.730. The predicted octanol–water partition coefficient (Wildman–Crippen LogP) is 3.42. The first-order valence-electron chi connectivity index (χ1n) is 5.93. The van der Waals surface area contributed by atoms with E-state index < -0.39 is 0 Å². The van der Waals surface area contributed by atoms with Gasteiger partial charge in [-0.05, 0) is 37.1 Å². The van der Waals surface area contributed by atoms with Gasteiger partial charge in [0.25, 0.3) is 0 Å². The molecule has 4 nitrogen and oxygen atoms in total. The Labute approximate surface area is 90.6 Å². The lowest BCUT2D eigenvalue weighted by molar-refractivity contribution is -0.0706. The highest BCUT2D eigenvalue weighted by Gasteiger charge is 2.42. The third-order valence-electron chi connectivity index (χ3n) is 3.74. The number of ether oxygens (including phenoxy) is 1. The summed E-state index contributed by atoms with van der Waals surface area (Å²) >= 11 is 0. The van der Waals surface area contributed by atoms with E-state index >= 15 is 0 Å². The number of hydrogen-bond acceptors (Lipinski definition) is 2. The summed E-state index contributed by atoms with van der Waals surface area (Å²) < 4.78 is 6.10. The Kier molecular flexibility index (Phi) is 3.17. The molecular weight excluding hydrogens is 190 g/mol. The number of rotatable bonds is 2. The fourth-order valence-electron chi connectivity index (χ4n) is 3.10. The Bertz CT molecular complexity index is 275. The zero-order chi connectivity index (χ0) is 10.7. The van der Waals surface area contributed by atoms with Crippen molar-refractivity contribution < 1.29 is 4.74 Å². The molecule has 0 unspecified atom stereocenters. The molecule has 2 fully saturated rings. The molecule has 0 aromatic carbocycles. The van der Waals surface area contributed by atoms with Crippen molar-refractivity contribution in [3.8, 4) is 0 Å². The SMILES string of the molecule is C[C@@H]1CCC[C@]2(CC[C@H](CN=[N+]=[N-])O2)C1. The summed E-state index contributed by atoms with van der Waals surface area (Å²) in [5.74, 6) is 0.789. The quantitative estimate of drug-likeness (QED) is 0.390. The van der Waals surface area contributed by atoms with E-state index in [1.165, 1.54) is 25.7 Å². The summed E-state index contributed by atoms with van der Waals surface area (Å²) in [5.41, 5.74) is 8.41. The van der Waals surface area contributed by atoms with Crippen LogP contribution < -0.4 is 0 Å². The maximum Gasteiger partial charge on any atom is 0.0689 e. The molecule has 0 bridgehead atoms. The minimum absolute atomic E-state index is 0.132. The number of azide groups is 1. The first-order valence-corrected chi connectivity index (χ1v) is 5.93. The van der Waals surface area contributed by atoms with Gasteiger partial charge in [-0.3, -0.25) is 0 Å². The molecule has 1 aliphatic heterocycles. The summed E-state index contributed by atoms with van der Waals surface area (Å²) in [7, 11) is 0. The maximum absolute atomic E-state index is 8.27. The van der Waals surface area contributed by atoms with Crippen LogP contribution in [0.15, 0.2) is 5.11 Å². The van der Waals surface area contributed by atoms with Gasteiger partial charge in [-0.25, -0.2) is 0 Å². The summed E-state index contributed by atoms with van der Waals surface area (Å²) in [6, 6.07) is 0. The molecule has 2 aliphatic rings. The second-order valence-electron chi connectivity index (χ2n) is 5.08. The van der Waals surface area contributed by atoms with Crippen LogP contribution in [0.25, 0.3) is 10.4 Å². The van der Waals surface area contributed by atoms with Crippen molar-refractivity contribution >= 4 is 0 Å². The Balaban J connectivity index is 1.92. The molecule has 0 amide bonds. The highest BCUT2D eigenvalue weighted by Crippen LogP contribution is 2.43. The molecule has 1 aliphatic carbocycles. The second kappa shape index (κ2) is 4.42. The molecule has 0 aromatic heterocycles. The van der Waals surface area contributed by atoms with Gasteiger partial charge in [0.05, 0.1) is 18.2 Å². The Morgan fingerprint density at radius 2 is 2.33 bits per heavy atom. The largest absolute Gasteiger partial charge is 0.372 e. The molecule has 3 atom stereocenters. The van der Waals surface area contributed by atoms with Gasteiger partial charge in [-0.15, -0.1) is 0 Å². The first kappa shape index (κ1) is 10.8. The van der Waals surface area contributed by atoms with Crippen molar-refractivity contribution in [2.24, 2.45) is 11.0 Å². The minimum Gasteiger partial charge on any atom is -0.372 e. The molecule has 4 heteroatoms. The first-order chi connectivity index (χ1) is 7.24. The van der Waals surface area contributed by atoms with Crippen LogP contribution in [0.2, 0.25) is 0 Å².